The van der Waals surface area contributed by atoms with Crippen molar-refractivity contribution in [2.75, 3.05) is 5.32 Å². The van der Waals surface area contributed by atoms with Crippen LogP contribution in [-0.4, -0.2) is 39.9 Å². The molecule has 4 heterocycles. The summed E-state index contributed by atoms with van der Waals surface area (Å²) in [5.41, 5.74) is 2.85. The molecular formula is C28H34N8O2. The van der Waals surface area contributed by atoms with Gasteiger partial charge < -0.3 is 10.3 Å². The molecule has 10 heteroatoms. The third-order valence-corrected chi connectivity index (χ3v) is 9.08. The largest absolute Gasteiger partial charge is 0.328 e. The Morgan fingerprint density at radius 1 is 1.18 bits per heavy atom. The summed E-state index contributed by atoms with van der Waals surface area (Å²) < 4.78 is 3.59. The van der Waals surface area contributed by atoms with Crippen LogP contribution in [0.25, 0.3) is 16.8 Å². The number of hydrogen-bond acceptors (Lipinski definition) is 7. The molecule has 0 aliphatic heterocycles. The molecule has 2 atom stereocenters. The number of rotatable bonds is 5. The third kappa shape index (κ3) is 3.60. The van der Waals surface area contributed by atoms with Crippen molar-refractivity contribution in [3.63, 3.8) is 0 Å². The molecule has 0 aromatic carbocycles. The number of imidazole rings is 1. The van der Waals surface area contributed by atoms with Gasteiger partial charge in [0.1, 0.15) is 17.6 Å². The highest BCUT2D eigenvalue weighted by molar-refractivity contribution is 5.86. The van der Waals surface area contributed by atoms with Crippen molar-refractivity contribution >= 4 is 34.2 Å². The van der Waals surface area contributed by atoms with E-state index in [1.54, 1.807) is 10.7 Å². The first-order valence-electron chi connectivity index (χ1n) is 13.6. The van der Waals surface area contributed by atoms with Crippen molar-refractivity contribution in [1.82, 2.24) is 34.1 Å². The van der Waals surface area contributed by atoms with Crippen LogP contribution in [0.15, 0.2) is 29.6 Å². The van der Waals surface area contributed by atoms with Gasteiger partial charge in [0, 0.05) is 11.8 Å². The number of aryl methyl sites for hydroxylation is 1. The molecule has 4 saturated carbocycles. The van der Waals surface area contributed by atoms with Gasteiger partial charge in [-0.25, -0.2) is 19.3 Å². The number of nitrogens with zero attached hydrogens (tertiary/aromatic N) is 6. The van der Waals surface area contributed by atoms with E-state index in [-0.39, 0.29) is 16.5 Å². The highest BCUT2D eigenvalue weighted by Gasteiger charge is 2.61. The maximum atomic E-state index is 13.8. The fourth-order valence-corrected chi connectivity index (χ4v) is 8.08. The molecule has 0 radical (unpaired) electrons. The van der Waals surface area contributed by atoms with Gasteiger partial charge in [-0.1, -0.05) is 20.8 Å². The van der Waals surface area contributed by atoms with Gasteiger partial charge in [0.05, 0.1) is 23.6 Å². The lowest BCUT2D eigenvalue weighted by Crippen LogP contribution is -2.60. The molecule has 198 valence electrons. The zero-order valence-corrected chi connectivity index (χ0v) is 22.4. The van der Waals surface area contributed by atoms with E-state index < -0.39 is 5.54 Å². The lowest BCUT2D eigenvalue weighted by Gasteiger charge is -2.61. The van der Waals surface area contributed by atoms with E-state index >= 15 is 0 Å². The van der Waals surface area contributed by atoms with E-state index in [1.165, 1.54) is 6.33 Å². The molecule has 4 aliphatic carbocycles. The average Bonchev–Trinajstić information content (AvgIpc) is 3.40. The Balaban J connectivity index is 1.29. The Kier molecular flexibility index (Phi) is 4.79. The predicted molar refractivity (Wildman–Crippen MR) is 143 cm³/mol. The minimum atomic E-state index is -0.395. The molecule has 8 rings (SSSR count). The summed E-state index contributed by atoms with van der Waals surface area (Å²) in [6.07, 6.45) is 11.3. The number of anilines is 2. The van der Waals surface area contributed by atoms with E-state index in [0.29, 0.717) is 41.2 Å². The second-order valence-electron chi connectivity index (χ2n) is 13.4. The number of ketones is 1. The van der Waals surface area contributed by atoms with Gasteiger partial charge in [-0.2, -0.15) is 10.1 Å². The molecule has 2 N–H and O–H groups in total. The van der Waals surface area contributed by atoms with Crippen LogP contribution in [-0.2, 0) is 10.3 Å². The number of H-pyrrole nitrogens is 1. The Labute approximate surface area is 220 Å². The molecule has 4 aliphatic rings. The lowest BCUT2D eigenvalue weighted by molar-refractivity contribution is -0.154. The highest BCUT2D eigenvalue weighted by atomic mass is 16.1. The van der Waals surface area contributed by atoms with Gasteiger partial charge in [0.25, 0.3) is 0 Å². The zero-order chi connectivity index (χ0) is 26.4. The molecular weight excluding hydrogens is 480 g/mol. The first kappa shape index (κ1) is 23.5. The number of aromatic amines is 1. The van der Waals surface area contributed by atoms with E-state index in [9.17, 15) is 9.59 Å². The Morgan fingerprint density at radius 3 is 2.68 bits per heavy atom. The summed E-state index contributed by atoms with van der Waals surface area (Å²) in [5.74, 6) is 1.73. The van der Waals surface area contributed by atoms with E-state index in [4.69, 9.17) is 4.98 Å². The Morgan fingerprint density at radius 2 is 1.95 bits per heavy atom. The van der Waals surface area contributed by atoms with Crippen LogP contribution < -0.4 is 11.0 Å². The molecule has 38 heavy (non-hydrogen) atoms. The summed E-state index contributed by atoms with van der Waals surface area (Å²) in [7, 11) is 0. The molecule has 4 aromatic rings. The van der Waals surface area contributed by atoms with Crippen molar-refractivity contribution in [2.45, 2.75) is 78.2 Å². The molecule has 0 spiro atoms. The number of aromatic nitrogens is 7. The third-order valence-electron chi connectivity index (χ3n) is 9.08. The zero-order valence-electron chi connectivity index (χ0n) is 22.4. The van der Waals surface area contributed by atoms with Gasteiger partial charge >= 0.3 is 5.69 Å². The maximum absolute atomic E-state index is 13.8. The van der Waals surface area contributed by atoms with Crippen LogP contribution in [0.5, 0.6) is 0 Å². The van der Waals surface area contributed by atoms with Crippen molar-refractivity contribution in [1.29, 1.82) is 0 Å². The SMILES string of the molecule is Cc1cc2ncnn2cc1Nc1ncc2[nH]c(=O)n(C34CC5CC(CC(C(=O)CC(C)(C)C)(C5)C3)C4)c2n1. The Bertz CT molecular complexity index is 1640. The van der Waals surface area contributed by atoms with Crippen LogP contribution >= 0.6 is 0 Å². The van der Waals surface area contributed by atoms with E-state index in [1.807, 2.05) is 23.8 Å². The number of nitrogens with one attached hydrogen (secondary N) is 2. The highest BCUT2D eigenvalue weighted by Crippen LogP contribution is 2.65. The summed E-state index contributed by atoms with van der Waals surface area (Å²) in [6, 6.07) is 1.95. The average molecular weight is 515 g/mol. The van der Waals surface area contributed by atoms with Gasteiger partial charge in [0.2, 0.25) is 5.95 Å². The summed E-state index contributed by atoms with van der Waals surface area (Å²) in [5, 5.41) is 7.54. The second-order valence-corrected chi connectivity index (χ2v) is 13.4. The molecule has 0 saturated heterocycles. The summed E-state index contributed by atoms with van der Waals surface area (Å²) >= 11 is 0. The minimum Gasteiger partial charge on any atom is -0.323 e. The van der Waals surface area contributed by atoms with Crippen molar-refractivity contribution < 1.29 is 4.79 Å². The number of hydrogen-bond donors (Lipinski definition) is 2. The van der Waals surface area contributed by atoms with Gasteiger partial charge in [-0.15, -0.1) is 0 Å². The number of pyridine rings is 1. The van der Waals surface area contributed by atoms with Crippen LogP contribution in [0.2, 0.25) is 0 Å². The van der Waals surface area contributed by atoms with Gasteiger partial charge in [-0.05, 0) is 74.3 Å². The standard InChI is InChI=1S/C28H34N8O2/c1-16-5-22-30-15-31-35(22)13-20(16)32-24-29-12-19-23(34-24)36(25(38)33-19)28-9-17-6-18(10-28)8-27(7-17,14-28)21(37)11-26(2,3)4/h5,12-13,15,17-18H,6-11,14H2,1-4H3,(H,33,38)(H,29,32,34). The number of carbonyl (C=O) groups excluding carboxylic acids is 1. The predicted octanol–water partition coefficient (Wildman–Crippen LogP) is 4.52. The summed E-state index contributed by atoms with van der Waals surface area (Å²) in [4.78, 5) is 43.9. The van der Waals surface area contributed by atoms with E-state index in [0.717, 1.165) is 55.4 Å². The smallest absolute Gasteiger partial charge is 0.323 e. The first-order valence-corrected chi connectivity index (χ1v) is 13.6. The molecule has 2 unspecified atom stereocenters. The van der Waals surface area contributed by atoms with Crippen LogP contribution in [0.3, 0.4) is 0 Å². The normalized spacial score (nSPS) is 28.4. The molecule has 0 amide bonds. The first-order chi connectivity index (χ1) is 18.0. The summed E-state index contributed by atoms with van der Waals surface area (Å²) in [6.45, 7) is 8.41. The van der Waals surface area contributed by atoms with Crippen LogP contribution in [0.4, 0.5) is 11.6 Å². The van der Waals surface area contributed by atoms with Crippen LogP contribution in [0.1, 0.15) is 71.3 Å². The quantitative estimate of drug-likeness (QED) is 0.401. The van der Waals surface area contributed by atoms with Crippen molar-refractivity contribution in [3.8, 4) is 0 Å². The molecule has 4 fully saturated rings. The molecule has 4 bridgehead atoms. The number of carbonyl (C=O) groups is 1. The number of fused-ring (bicyclic) bond motifs is 2. The minimum absolute atomic E-state index is 0.0492. The lowest BCUT2D eigenvalue weighted by atomic mass is 9.45. The second kappa shape index (κ2) is 7.74. The Hall–Kier alpha value is -3.56. The number of Topliss-reactive ketones (excluding diaryl/α,β-unsaturated/α-hetero) is 1. The van der Waals surface area contributed by atoms with Gasteiger partial charge in [-0.3, -0.25) is 9.36 Å². The fraction of sp³-hybridized carbons (Fsp3) is 0.571. The van der Waals surface area contributed by atoms with Crippen molar-refractivity contribution in [2.24, 2.45) is 22.7 Å². The molecule has 10 nitrogen and oxygen atoms in total. The fourth-order valence-electron chi connectivity index (χ4n) is 8.08. The van der Waals surface area contributed by atoms with E-state index in [2.05, 4.69) is 46.1 Å². The molecule has 4 aromatic heterocycles. The van der Waals surface area contributed by atoms with Crippen molar-refractivity contribution in [3.05, 3.63) is 40.8 Å². The maximum Gasteiger partial charge on any atom is 0.328 e. The monoisotopic (exact) mass is 514 g/mol. The topological polar surface area (TPSA) is 123 Å². The van der Waals surface area contributed by atoms with Gasteiger partial charge in [0.15, 0.2) is 11.3 Å². The van der Waals surface area contributed by atoms with Crippen LogP contribution in [0, 0.1) is 29.6 Å².